The van der Waals surface area contributed by atoms with Crippen LogP contribution in [0, 0.1) is 0 Å². The molecule has 30 heavy (non-hydrogen) atoms. The number of hydroxylamine groups is 1. The number of ether oxygens (including phenoxy) is 1. The summed E-state index contributed by atoms with van der Waals surface area (Å²) in [6, 6.07) is 16.0. The topological polar surface area (TPSA) is 65.0 Å². The van der Waals surface area contributed by atoms with Crippen LogP contribution < -0.4 is 10.2 Å². The van der Waals surface area contributed by atoms with Gasteiger partial charge in [-0.15, -0.1) is 0 Å². The van der Waals surface area contributed by atoms with E-state index >= 15 is 0 Å². The van der Waals surface area contributed by atoms with Gasteiger partial charge in [0.15, 0.2) is 0 Å². The van der Waals surface area contributed by atoms with Crippen LogP contribution in [0.25, 0.3) is 17.5 Å². The minimum atomic E-state index is -0.564. The number of amides is 1. The molecule has 156 valence electrons. The Labute approximate surface area is 177 Å². The molecule has 0 saturated heterocycles. The van der Waals surface area contributed by atoms with Crippen molar-refractivity contribution in [2.24, 2.45) is 0 Å². The summed E-state index contributed by atoms with van der Waals surface area (Å²) in [6.07, 6.45) is 2.93. The quantitative estimate of drug-likeness (QED) is 0.411. The molecule has 0 spiro atoms. The molecule has 2 aromatic rings. The summed E-state index contributed by atoms with van der Waals surface area (Å²) in [4.78, 5) is 15.6. The van der Waals surface area contributed by atoms with Gasteiger partial charge >= 0.3 is 0 Å². The van der Waals surface area contributed by atoms with E-state index in [0.717, 1.165) is 52.7 Å². The van der Waals surface area contributed by atoms with Gasteiger partial charge in [-0.05, 0) is 49.8 Å². The second-order valence-electron chi connectivity index (χ2n) is 6.76. The highest BCUT2D eigenvalue weighted by molar-refractivity contribution is 5.94. The number of nitrogens with one attached hydrogen (secondary N) is 1. The first-order valence-electron chi connectivity index (χ1n) is 9.89. The van der Waals surface area contributed by atoms with Crippen molar-refractivity contribution in [2.45, 2.75) is 13.8 Å². The fourth-order valence-electron chi connectivity index (χ4n) is 3.64. The van der Waals surface area contributed by atoms with Gasteiger partial charge in [0.1, 0.15) is 11.6 Å². The van der Waals surface area contributed by atoms with Crippen LogP contribution in [0.3, 0.4) is 0 Å². The Morgan fingerprint density at radius 1 is 1.00 bits per heavy atom. The van der Waals surface area contributed by atoms with Crippen molar-refractivity contribution in [3.05, 3.63) is 83.7 Å². The first kappa shape index (κ1) is 21.2. The van der Waals surface area contributed by atoms with Gasteiger partial charge in [0.25, 0.3) is 5.91 Å². The average Bonchev–Trinajstić information content (AvgIpc) is 3.08. The molecule has 2 N–H and O–H groups in total. The summed E-state index contributed by atoms with van der Waals surface area (Å²) < 4.78 is 5.31. The van der Waals surface area contributed by atoms with Gasteiger partial charge in [-0.25, -0.2) is 5.48 Å². The van der Waals surface area contributed by atoms with Gasteiger partial charge in [-0.1, -0.05) is 30.8 Å². The van der Waals surface area contributed by atoms with Crippen LogP contribution >= 0.6 is 0 Å². The largest absolute Gasteiger partial charge is 0.497 e. The first-order chi connectivity index (χ1) is 14.5. The molecule has 0 unspecified atom stereocenters. The Bertz CT molecular complexity index is 976. The zero-order valence-corrected chi connectivity index (χ0v) is 17.6. The van der Waals surface area contributed by atoms with Crippen LogP contribution in [0.4, 0.5) is 0 Å². The monoisotopic (exact) mass is 405 g/mol. The maximum absolute atomic E-state index is 11.2. The standard InChI is InChI=1S/C24H27N3O3/c1-5-26-17(3)27(6-2)24(20-12-14-21(30-4)15-13-20)23(26)19-10-7-18(8-11-19)9-16-22(28)25-29/h7-16,29H,3,5-6H2,1-2,4H3,(H,25,28)/b16-9+. The fraction of sp³-hybridized carbons (Fsp3) is 0.208. The SMILES string of the molecule is C=C1N(CC)C(c2ccc(/C=C/C(=O)NO)cc2)=C(c2ccc(OC)cc2)N1CC. The van der Waals surface area contributed by atoms with Crippen molar-refractivity contribution in [2.75, 3.05) is 20.2 Å². The van der Waals surface area contributed by atoms with Crippen molar-refractivity contribution < 1.29 is 14.7 Å². The van der Waals surface area contributed by atoms with E-state index < -0.39 is 5.91 Å². The minimum absolute atomic E-state index is 0.564. The van der Waals surface area contributed by atoms with E-state index in [2.05, 4.69) is 42.4 Å². The van der Waals surface area contributed by atoms with Crippen molar-refractivity contribution in [3.63, 3.8) is 0 Å². The lowest BCUT2D eigenvalue weighted by Gasteiger charge is -2.24. The molecule has 0 fully saturated rings. The number of benzene rings is 2. The second kappa shape index (κ2) is 9.33. The minimum Gasteiger partial charge on any atom is -0.497 e. The van der Waals surface area contributed by atoms with Crippen LogP contribution in [0.2, 0.25) is 0 Å². The van der Waals surface area contributed by atoms with E-state index in [4.69, 9.17) is 9.94 Å². The van der Waals surface area contributed by atoms with E-state index in [9.17, 15) is 4.79 Å². The van der Waals surface area contributed by atoms with E-state index in [1.54, 1.807) is 18.7 Å². The third-order valence-corrected chi connectivity index (χ3v) is 5.10. The Balaban J connectivity index is 2.08. The van der Waals surface area contributed by atoms with Crippen LogP contribution in [0.15, 0.2) is 67.0 Å². The van der Waals surface area contributed by atoms with Crippen LogP contribution in [0.5, 0.6) is 5.75 Å². The zero-order chi connectivity index (χ0) is 21.7. The van der Waals surface area contributed by atoms with Crippen LogP contribution in [-0.4, -0.2) is 41.1 Å². The summed E-state index contributed by atoms with van der Waals surface area (Å²) in [7, 11) is 1.66. The van der Waals surface area contributed by atoms with Crippen LogP contribution in [0.1, 0.15) is 30.5 Å². The number of carbonyl (C=O) groups is 1. The highest BCUT2D eigenvalue weighted by atomic mass is 16.5. The van der Waals surface area contributed by atoms with Crippen LogP contribution in [-0.2, 0) is 4.79 Å². The molecular weight excluding hydrogens is 378 g/mol. The highest BCUT2D eigenvalue weighted by Crippen LogP contribution is 2.42. The number of hydrogen-bond acceptors (Lipinski definition) is 5. The predicted octanol–water partition coefficient (Wildman–Crippen LogP) is 4.17. The van der Waals surface area contributed by atoms with Gasteiger partial charge in [0.2, 0.25) is 0 Å². The molecule has 6 heteroatoms. The molecule has 1 aliphatic rings. The smallest absolute Gasteiger partial charge is 0.267 e. The summed E-state index contributed by atoms with van der Waals surface area (Å²) in [5.74, 6) is 1.20. The Hall–Kier alpha value is -3.51. The third-order valence-electron chi connectivity index (χ3n) is 5.10. The molecule has 2 aromatic carbocycles. The normalized spacial score (nSPS) is 14.1. The van der Waals surface area contributed by atoms with Gasteiger partial charge in [0, 0.05) is 30.3 Å². The van der Waals surface area contributed by atoms with Gasteiger partial charge in [-0.3, -0.25) is 10.0 Å². The molecule has 3 rings (SSSR count). The molecule has 1 heterocycles. The first-order valence-corrected chi connectivity index (χ1v) is 9.89. The number of rotatable bonds is 7. The molecule has 0 saturated carbocycles. The lowest BCUT2D eigenvalue weighted by atomic mass is 10.0. The predicted molar refractivity (Wildman–Crippen MR) is 119 cm³/mol. The Morgan fingerprint density at radius 3 is 1.93 bits per heavy atom. The molecule has 0 atom stereocenters. The van der Waals surface area contributed by atoms with E-state index in [1.165, 1.54) is 6.08 Å². The summed E-state index contributed by atoms with van der Waals surface area (Å²) in [5.41, 5.74) is 6.80. The third kappa shape index (κ3) is 4.09. The fourth-order valence-corrected chi connectivity index (χ4v) is 3.64. The molecule has 0 aliphatic carbocycles. The molecular formula is C24H27N3O3. The lowest BCUT2D eigenvalue weighted by molar-refractivity contribution is -0.124. The van der Waals surface area contributed by atoms with Crippen molar-refractivity contribution in [1.82, 2.24) is 15.3 Å². The Morgan fingerprint density at radius 2 is 1.50 bits per heavy atom. The van der Waals surface area contributed by atoms with E-state index in [-0.39, 0.29) is 0 Å². The molecule has 0 aromatic heterocycles. The zero-order valence-electron chi connectivity index (χ0n) is 17.6. The number of nitrogens with zero attached hydrogens (tertiary/aromatic N) is 2. The summed E-state index contributed by atoms with van der Waals surface area (Å²) in [5, 5.41) is 8.62. The number of methoxy groups -OCH3 is 1. The Kier molecular flexibility index (Phi) is 6.59. The van der Waals surface area contributed by atoms with Gasteiger partial charge in [0.05, 0.1) is 18.5 Å². The maximum atomic E-state index is 11.2. The van der Waals surface area contributed by atoms with Crippen molar-refractivity contribution in [1.29, 1.82) is 0 Å². The molecule has 1 amide bonds. The number of carbonyl (C=O) groups excluding carboxylic acids is 1. The average molecular weight is 405 g/mol. The molecule has 0 radical (unpaired) electrons. The molecule has 0 bridgehead atoms. The number of hydrogen-bond donors (Lipinski definition) is 2. The molecule has 6 nitrogen and oxygen atoms in total. The summed E-state index contributed by atoms with van der Waals surface area (Å²) >= 11 is 0. The van der Waals surface area contributed by atoms with Crippen molar-refractivity contribution >= 4 is 23.4 Å². The van der Waals surface area contributed by atoms with E-state index in [1.807, 2.05) is 36.4 Å². The van der Waals surface area contributed by atoms with Crippen molar-refractivity contribution in [3.8, 4) is 5.75 Å². The molecule has 1 aliphatic heterocycles. The van der Waals surface area contributed by atoms with Gasteiger partial charge < -0.3 is 14.5 Å². The van der Waals surface area contributed by atoms with E-state index in [0.29, 0.717) is 0 Å². The second-order valence-corrected chi connectivity index (χ2v) is 6.76. The maximum Gasteiger partial charge on any atom is 0.267 e. The summed E-state index contributed by atoms with van der Waals surface area (Å²) in [6.45, 7) is 10.2. The lowest BCUT2D eigenvalue weighted by Crippen LogP contribution is -2.24. The highest BCUT2D eigenvalue weighted by Gasteiger charge is 2.32. The van der Waals surface area contributed by atoms with Gasteiger partial charge in [-0.2, -0.15) is 0 Å².